The molecule has 2 heterocycles. The van der Waals surface area contributed by atoms with E-state index in [2.05, 4.69) is 29.2 Å². The summed E-state index contributed by atoms with van der Waals surface area (Å²) >= 11 is 0. The molecule has 3 N–H and O–H groups in total. The van der Waals surface area contributed by atoms with E-state index >= 15 is 0 Å². The molecule has 1 aromatic heterocycles. The van der Waals surface area contributed by atoms with Gasteiger partial charge in [0, 0.05) is 19.2 Å². The molecule has 0 saturated carbocycles. The van der Waals surface area contributed by atoms with E-state index in [0.29, 0.717) is 24.9 Å². The predicted molar refractivity (Wildman–Crippen MR) is 65.4 cm³/mol. The molecule has 0 aromatic carbocycles. The number of anilines is 2. The number of nitrogens with zero attached hydrogens (tertiary/aromatic N) is 3. The molecule has 106 valence electrons. The van der Waals surface area contributed by atoms with Gasteiger partial charge in [-0.05, 0) is 11.8 Å². The standard InChI is InChI=1S/C11H16F3N5/c1-6-4-19(5-7(6)2)9-3-8(18-15)16-10(17-9)11(12,13)14/h3,6-7H,4-5,15H2,1-2H3,(H,16,17,18). The Kier molecular flexibility index (Phi) is 3.53. The maximum absolute atomic E-state index is 12.7. The summed E-state index contributed by atoms with van der Waals surface area (Å²) in [4.78, 5) is 8.76. The Morgan fingerprint density at radius 3 is 2.32 bits per heavy atom. The van der Waals surface area contributed by atoms with Crippen LogP contribution in [0.25, 0.3) is 0 Å². The molecule has 2 rings (SSSR count). The van der Waals surface area contributed by atoms with Crippen LogP contribution in [0.4, 0.5) is 24.8 Å². The van der Waals surface area contributed by atoms with E-state index in [1.54, 1.807) is 0 Å². The first kappa shape index (κ1) is 13.9. The van der Waals surface area contributed by atoms with Gasteiger partial charge in [-0.2, -0.15) is 13.2 Å². The van der Waals surface area contributed by atoms with Gasteiger partial charge in [-0.15, -0.1) is 0 Å². The molecule has 1 aromatic rings. The Morgan fingerprint density at radius 1 is 1.26 bits per heavy atom. The fourth-order valence-corrected chi connectivity index (χ4v) is 2.11. The third-order valence-electron chi connectivity index (χ3n) is 3.43. The summed E-state index contributed by atoms with van der Waals surface area (Å²) in [6.45, 7) is 5.50. The van der Waals surface area contributed by atoms with Crippen molar-refractivity contribution in [1.82, 2.24) is 9.97 Å². The lowest BCUT2D eigenvalue weighted by Gasteiger charge is -2.19. The summed E-state index contributed by atoms with van der Waals surface area (Å²) in [5.74, 6) is 5.03. The van der Waals surface area contributed by atoms with Gasteiger partial charge in [0.1, 0.15) is 11.6 Å². The molecule has 1 aliphatic heterocycles. The van der Waals surface area contributed by atoms with Crippen LogP contribution in [0.5, 0.6) is 0 Å². The van der Waals surface area contributed by atoms with Crippen LogP contribution < -0.4 is 16.2 Å². The third-order valence-corrected chi connectivity index (χ3v) is 3.43. The highest BCUT2D eigenvalue weighted by Gasteiger charge is 2.36. The van der Waals surface area contributed by atoms with Crippen LogP contribution in [0.2, 0.25) is 0 Å². The highest BCUT2D eigenvalue weighted by molar-refractivity contribution is 5.50. The fraction of sp³-hybridized carbons (Fsp3) is 0.636. The second-order valence-corrected chi connectivity index (χ2v) is 4.94. The SMILES string of the molecule is CC1CN(c2cc(NN)nc(C(F)(F)F)n2)CC1C. The molecule has 2 atom stereocenters. The van der Waals surface area contributed by atoms with Crippen molar-refractivity contribution in [3.8, 4) is 0 Å². The summed E-state index contributed by atoms with van der Waals surface area (Å²) in [6.07, 6.45) is -4.58. The minimum absolute atomic E-state index is 0.0375. The van der Waals surface area contributed by atoms with Crippen LogP contribution in [0.15, 0.2) is 6.07 Å². The average molecular weight is 275 g/mol. The van der Waals surface area contributed by atoms with Crippen molar-refractivity contribution in [2.24, 2.45) is 17.7 Å². The summed E-state index contributed by atoms with van der Waals surface area (Å²) in [7, 11) is 0. The molecule has 1 saturated heterocycles. The number of aromatic nitrogens is 2. The Morgan fingerprint density at radius 2 is 1.84 bits per heavy atom. The summed E-state index contributed by atoms with van der Waals surface area (Å²) in [5.41, 5.74) is 2.15. The van der Waals surface area contributed by atoms with Gasteiger partial charge in [-0.25, -0.2) is 15.8 Å². The molecule has 0 aliphatic carbocycles. The van der Waals surface area contributed by atoms with Crippen LogP contribution in [0.1, 0.15) is 19.7 Å². The monoisotopic (exact) mass is 275 g/mol. The van der Waals surface area contributed by atoms with Gasteiger partial charge in [0.05, 0.1) is 0 Å². The van der Waals surface area contributed by atoms with Crippen molar-refractivity contribution in [1.29, 1.82) is 0 Å². The zero-order chi connectivity index (χ0) is 14.2. The molecule has 5 nitrogen and oxygen atoms in total. The predicted octanol–water partition coefficient (Wildman–Crippen LogP) is 1.87. The number of hydrogen-bond donors (Lipinski definition) is 2. The maximum Gasteiger partial charge on any atom is 0.451 e. The number of hydrazine groups is 1. The quantitative estimate of drug-likeness (QED) is 0.637. The average Bonchev–Trinajstić information content (AvgIpc) is 2.68. The van der Waals surface area contributed by atoms with E-state index in [4.69, 9.17) is 5.84 Å². The third kappa shape index (κ3) is 2.89. The van der Waals surface area contributed by atoms with Crippen LogP contribution in [0.3, 0.4) is 0 Å². The number of nitrogens with two attached hydrogens (primary N) is 1. The van der Waals surface area contributed by atoms with Gasteiger partial charge in [-0.1, -0.05) is 13.8 Å². The number of hydrogen-bond acceptors (Lipinski definition) is 5. The van der Waals surface area contributed by atoms with E-state index in [0.717, 1.165) is 0 Å². The van der Waals surface area contributed by atoms with Crippen LogP contribution in [0, 0.1) is 11.8 Å². The van der Waals surface area contributed by atoms with Crippen molar-refractivity contribution in [2.45, 2.75) is 20.0 Å². The normalized spacial score (nSPS) is 23.8. The molecule has 19 heavy (non-hydrogen) atoms. The Bertz CT molecular complexity index is 452. The van der Waals surface area contributed by atoms with Crippen molar-refractivity contribution in [2.75, 3.05) is 23.4 Å². The minimum atomic E-state index is -4.58. The number of rotatable bonds is 2. The first-order valence-electron chi connectivity index (χ1n) is 5.99. The molecular weight excluding hydrogens is 259 g/mol. The summed E-state index contributed by atoms with van der Waals surface area (Å²) in [6, 6.07) is 1.43. The Balaban J connectivity index is 2.35. The molecule has 0 spiro atoms. The molecule has 1 aliphatic rings. The number of nitrogen functional groups attached to an aromatic ring is 1. The van der Waals surface area contributed by atoms with Crippen molar-refractivity contribution >= 4 is 11.6 Å². The maximum atomic E-state index is 12.7. The van der Waals surface area contributed by atoms with Gasteiger partial charge < -0.3 is 10.3 Å². The fourth-order valence-electron chi connectivity index (χ4n) is 2.11. The molecule has 0 amide bonds. The lowest BCUT2D eigenvalue weighted by Crippen LogP contribution is -2.24. The van der Waals surface area contributed by atoms with Gasteiger partial charge in [0.2, 0.25) is 5.82 Å². The molecule has 8 heteroatoms. The van der Waals surface area contributed by atoms with Gasteiger partial charge in [0.25, 0.3) is 0 Å². The van der Waals surface area contributed by atoms with Crippen LogP contribution in [-0.4, -0.2) is 23.1 Å². The van der Waals surface area contributed by atoms with Crippen LogP contribution >= 0.6 is 0 Å². The highest BCUT2D eigenvalue weighted by Crippen LogP contribution is 2.31. The largest absolute Gasteiger partial charge is 0.451 e. The second-order valence-electron chi connectivity index (χ2n) is 4.94. The molecule has 1 fully saturated rings. The zero-order valence-electron chi connectivity index (χ0n) is 10.7. The van der Waals surface area contributed by atoms with E-state index in [-0.39, 0.29) is 11.6 Å². The summed E-state index contributed by atoms with van der Waals surface area (Å²) < 4.78 is 38.1. The first-order chi connectivity index (χ1) is 8.81. The van der Waals surface area contributed by atoms with E-state index in [1.807, 2.05) is 4.90 Å². The van der Waals surface area contributed by atoms with Crippen molar-refractivity contribution in [3.63, 3.8) is 0 Å². The molecular formula is C11H16F3N5. The number of nitrogens with one attached hydrogen (secondary N) is 1. The molecule has 0 bridgehead atoms. The van der Waals surface area contributed by atoms with Crippen molar-refractivity contribution in [3.05, 3.63) is 11.9 Å². The molecule has 0 radical (unpaired) electrons. The van der Waals surface area contributed by atoms with Gasteiger partial charge in [0.15, 0.2) is 0 Å². The van der Waals surface area contributed by atoms with E-state index in [1.165, 1.54) is 6.07 Å². The van der Waals surface area contributed by atoms with Gasteiger partial charge >= 0.3 is 6.18 Å². The smallest absolute Gasteiger partial charge is 0.356 e. The van der Waals surface area contributed by atoms with Gasteiger partial charge in [-0.3, -0.25) is 0 Å². The van der Waals surface area contributed by atoms with Crippen molar-refractivity contribution < 1.29 is 13.2 Å². The number of halogens is 3. The lowest BCUT2D eigenvalue weighted by molar-refractivity contribution is -0.144. The lowest BCUT2D eigenvalue weighted by atomic mass is 10.0. The molecule has 2 unspecified atom stereocenters. The summed E-state index contributed by atoms with van der Waals surface area (Å²) in [5, 5.41) is 0. The number of alkyl halides is 3. The van der Waals surface area contributed by atoms with E-state index < -0.39 is 12.0 Å². The van der Waals surface area contributed by atoms with E-state index in [9.17, 15) is 13.2 Å². The second kappa shape index (κ2) is 4.84. The zero-order valence-corrected chi connectivity index (χ0v) is 10.7. The Labute approximate surface area is 109 Å². The van der Waals surface area contributed by atoms with Crippen LogP contribution in [-0.2, 0) is 6.18 Å². The highest BCUT2D eigenvalue weighted by atomic mass is 19.4. The topological polar surface area (TPSA) is 67.1 Å². The first-order valence-corrected chi connectivity index (χ1v) is 5.99. The Hall–Kier alpha value is -1.57. The minimum Gasteiger partial charge on any atom is -0.356 e.